The van der Waals surface area contributed by atoms with E-state index in [-0.39, 0.29) is 12.5 Å². The van der Waals surface area contributed by atoms with Gasteiger partial charge in [-0.25, -0.2) is 0 Å². The van der Waals surface area contributed by atoms with Gasteiger partial charge in [-0.2, -0.15) is 0 Å². The highest BCUT2D eigenvalue weighted by Gasteiger charge is 2.11. The Morgan fingerprint density at radius 3 is 2.82 bits per heavy atom. The molecule has 0 aliphatic heterocycles. The largest absolute Gasteiger partial charge is 0.391 e. The van der Waals surface area contributed by atoms with Crippen LogP contribution in [0.4, 0.5) is 0 Å². The van der Waals surface area contributed by atoms with Gasteiger partial charge < -0.3 is 10.4 Å². The molecule has 0 aliphatic rings. The Bertz CT molecular complexity index is 396. The number of aliphatic hydroxyl groups is 1. The fraction of sp³-hybridized carbons (Fsp3) is 0.417. The molecule has 0 radical (unpaired) electrons. The van der Waals surface area contributed by atoms with Crippen LogP contribution >= 0.6 is 31.9 Å². The highest BCUT2D eigenvalue weighted by Crippen LogP contribution is 2.21. The molecule has 1 rings (SSSR count). The summed E-state index contributed by atoms with van der Waals surface area (Å²) in [4.78, 5) is 11.9. The lowest BCUT2D eigenvalue weighted by Crippen LogP contribution is -2.32. The first-order valence-corrected chi connectivity index (χ1v) is 7.04. The van der Waals surface area contributed by atoms with Gasteiger partial charge in [-0.1, -0.05) is 29.3 Å². The minimum Gasteiger partial charge on any atom is -0.391 e. The van der Waals surface area contributed by atoms with Crippen LogP contribution in [0.5, 0.6) is 0 Å². The fourth-order valence-electron chi connectivity index (χ4n) is 1.41. The predicted molar refractivity (Wildman–Crippen MR) is 75.1 cm³/mol. The van der Waals surface area contributed by atoms with Crippen molar-refractivity contribution in [3.63, 3.8) is 0 Å². The second-order valence-corrected chi connectivity index (χ2v) is 5.55. The summed E-state index contributed by atoms with van der Waals surface area (Å²) in [5.74, 6) is -0.187. The molecular weight excluding hydrogens is 350 g/mol. The molecule has 5 heteroatoms. The Morgan fingerprint density at radius 2 is 2.18 bits per heavy atom. The van der Waals surface area contributed by atoms with Gasteiger partial charge in [-0.15, -0.1) is 0 Å². The van der Waals surface area contributed by atoms with Gasteiger partial charge in [0, 0.05) is 15.5 Å². The van der Waals surface area contributed by atoms with Crippen molar-refractivity contribution in [3.8, 4) is 0 Å². The molecule has 1 unspecified atom stereocenters. The number of benzene rings is 1. The number of hydrogen-bond acceptors (Lipinski definition) is 2. The quantitative estimate of drug-likeness (QED) is 0.843. The van der Waals surface area contributed by atoms with Crippen LogP contribution in [-0.4, -0.2) is 23.7 Å². The van der Waals surface area contributed by atoms with Gasteiger partial charge >= 0.3 is 0 Å². The zero-order chi connectivity index (χ0) is 12.8. The third-order valence-corrected chi connectivity index (χ3v) is 3.48. The molecule has 0 bridgehead atoms. The monoisotopic (exact) mass is 363 g/mol. The third kappa shape index (κ3) is 4.77. The van der Waals surface area contributed by atoms with Gasteiger partial charge in [0.25, 0.3) is 5.91 Å². The molecule has 1 aromatic rings. The van der Waals surface area contributed by atoms with Crippen LogP contribution in [0.15, 0.2) is 27.1 Å². The van der Waals surface area contributed by atoms with Crippen molar-refractivity contribution in [2.24, 2.45) is 0 Å². The molecule has 0 aliphatic carbocycles. The van der Waals surface area contributed by atoms with E-state index in [0.29, 0.717) is 12.0 Å². The third-order valence-electron chi connectivity index (χ3n) is 2.29. The number of rotatable bonds is 5. The number of halogens is 2. The molecule has 17 heavy (non-hydrogen) atoms. The molecule has 0 saturated heterocycles. The van der Waals surface area contributed by atoms with Gasteiger partial charge in [-0.05, 0) is 40.5 Å². The van der Waals surface area contributed by atoms with Crippen molar-refractivity contribution in [2.45, 2.75) is 25.9 Å². The Balaban J connectivity index is 2.61. The highest BCUT2D eigenvalue weighted by atomic mass is 79.9. The van der Waals surface area contributed by atoms with Crippen molar-refractivity contribution >= 4 is 37.8 Å². The first-order chi connectivity index (χ1) is 8.04. The van der Waals surface area contributed by atoms with Crippen molar-refractivity contribution < 1.29 is 9.90 Å². The van der Waals surface area contributed by atoms with Crippen LogP contribution in [0, 0.1) is 0 Å². The maximum Gasteiger partial charge on any atom is 0.252 e. The van der Waals surface area contributed by atoms with E-state index in [4.69, 9.17) is 0 Å². The Hall–Kier alpha value is -0.390. The van der Waals surface area contributed by atoms with E-state index >= 15 is 0 Å². The summed E-state index contributed by atoms with van der Waals surface area (Å²) < 4.78 is 1.59. The van der Waals surface area contributed by atoms with E-state index in [1.807, 2.05) is 19.1 Å². The van der Waals surface area contributed by atoms with E-state index in [2.05, 4.69) is 37.2 Å². The topological polar surface area (TPSA) is 49.3 Å². The molecule has 94 valence electrons. The van der Waals surface area contributed by atoms with E-state index in [1.54, 1.807) is 6.07 Å². The highest BCUT2D eigenvalue weighted by molar-refractivity contribution is 9.11. The van der Waals surface area contributed by atoms with Crippen molar-refractivity contribution in [1.29, 1.82) is 0 Å². The van der Waals surface area contributed by atoms with E-state index in [9.17, 15) is 9.90 Å². The molecule has 0 spiro atoms. The summed E-state index contributed by atoms with van der Waals surface area (Å²) in [7, 11) is 0. The van der Waals surface area contributed by atoms with Crippen LogP contribution in [0.25, 0.3) is 0 Å². The molecule has 0 saturated carbocycles. The molecule has 1 aromatic carbocycles. The number of aliphatic hydroxyl groups excluding tert-OH is 1. The van der Waals surface area contributed by atoms with Crippen LogP contribution in [0.2, 0.25) is 0 Å². The number of carbonyl (C=O) groups excluding carboxylic acids is 1. The van der Waals surface area contributed by atoms with Crippen LogP contribution in [-0.2, 0) is 0 Å². The molecule has 1 amide bonds. The standard InChI is InChI=1S/C12H15Br2NO2/c1-2-3-9(16)7-15-12(17)10-6-8(13)4-5-11(10)14/h4-6,9,16H,2-3,7H2,1H3,(H,15,17). The van der Waals surface area contributed by atoms with Crippen molar-refractivity contribution in [3.05, 3.63) is 32.7 Å². The smallest absolute Gasteiger partial charge is 0.252 e. The Morgan fingerprint density at radius 1 is 1.47 bits per heavy atom. The SMILES string of the molecule is CCCC(O)CNC(=O)c1cc(Br)ccc1Br. The summed E-state index contributed by atoms with van der Waals surface area (Å²) in [5, 5.41) is 12.2. The average Bonchev–Trinajstić information content (AvgIpc) is 2.29. The lowest BCUT2D eigenvalue weighted by Gasteiger charge is -2.11. The lowest BCUT2D eigenvalue weighted by atomic mass is 10.2. The Kier molecular flexibility index (Phi) is 6.16. The maximum atomic E-state index is 11.9. The lowest BCUT2D eigenvalue weighted by molar-refractivity contribution is 0.0909. The first-order valence-electron chi connectivity index (χ1n) is 5.46. The number of hydrogen-bond donors (Lipinski definition) is 2. The van der Waals surface area contributed by atoms with E-state index in [0.717, 1.165) is 15.4 Å². The van der Waals surface area contributed by atoms with Crippen molar-refractivity contribution in [2.75, 3.05) is 6.54 Å². The van der Waals surface area contributed by atoms with Gasteiger partial charge in [0.1, 0.15) is 0 Å². The van der Waals surface area contributed by atoms with Crippen molar-refractivity contribution in [1.82, 2.24) is 5.32 Å². The first kappa shape index (κ1) is 14.7. The summed E-state index contributed by atoms with van der Waals surface area (Å²) in [6.07, 6.45) is 1.12. The molecular formula is C12H15Br2NO2. The number of nitrogens with one attached hydrogen (secondary N) is 1. The zero-order valence-corrected chi connectivity index (χ0v) is 12.7. The molecule has 0 heterocycles. The second-order valence-electron chi connectivity index (χ2n) is 3.78. The summed E-state index contributed by atoms with van der Waals surface area (Å²) in [6.45, 7) is 2.28. The second kappa shape index (κ2) is 7.13. The minimum absolute atomic E-state index is 0.187. The van der Waals surface area contributed by atoms with Crippen LogP contribution in [0.3, 0.4) is 0 Å². The average molecular weight is 365 g/mol. The normalized spacial score (nSPS) is 12.2. The molecule has 0 fully saturated rings. The van der Waals surface area contributed by atoms with Gasteiger partial charge in [-0.3, -0.25) is 4.79 Å². The van der Waals surface area contributed by atoms with Crippen LogP contribution < -0.4 is 5.32 Å². The fourth-order valence-corrected chi connectivity index (χ4v) is 2.20. The van der Waals surface area contributed by atoms with Gasteiger partial charge in [0.15, 0.2) is 0 Å². The van der Waals surface area contributed by atoms with E-state index in [1.165, 1.54) is 0 Å². The summed E-state index contributed by atoms with van der Waals surface area (Å²) >= 11 is 6.64. The molecule has 0 aromatic heterocycles. The minimum atomic E-state index is -0.477. The number of amides is 1. The molecule has 1 atom stereocenters. The molecule has 3 nitrogen and oxygen atoms in total. The molecule has 2 N–H and O–H groups in total. The summed E-state index contributed by atoms with van der Waals surface area (Å²) in [6, 6.07) is 5.40. The number of carbonyl (C=O) groups is 1. The van der Waals surface area contributed by atoms with Crippen LogP contribution in [0.1, 0.15) is 30.1 Å². The zero-order valence-electron chi connectivity index (χ0n) is 9.54. The predicted octanol–water partition coefficient (Wildman–Crippen LogP) is 3.10. The van der Waals surface area contributed by atoms with E-state index < -0.39 is 6.10 Å². The Labute approximate surface area is 118 Å². The maximum absolute atomic E-state index is 11.9. The van der Waals surface area contributed by atoms with Gasteiger partial charge in [0.05, 0.1) is 11.7 Å². The summed E-state index contributed by atoms with van der Waals surface area (Å²) in [5.41, 5.74) is 0.558. The van der Waals surface area contributed by atoms with Gasteiger partial charge in [0.2, 0.25) is 0 Å².